The van der Waals surface area contributed by atoms with Crippen LogP contribution in [0.25, 0.3) is 11.1 Å². The fraction of sp³-hybridized carbons (Fsp3) is 0. The Balaban J connectivity index is 1.73. The highest BCUT2D eigenvalue weighted by atomic mass is 35.5. The summed E-state index contributed by atoms with van der Waals surface area (Å²) in [7, 11) is -3.76. The SMILES string of the molecule is NS(=O)(=O)c1ccc(NC(=O)c2ccc(-c3ccc(Cl)cc3)cc2)cc1. The highest BCUT2D eigenvalue weighted by molar-refractivity contribution is 7.89. The van der Waals surface area contributed by atoms with E-state index < -0.39 is 10.0 Å². The molecule has 3 rings (SSSR count). The van der Waals surface area contributed by atoms with Crippen LogP contribution in [0.5, 0.6) is 0 Å². The van der Waals surface area contributed by atoms with E-state index >= 15 is 0 Å². The van der Waals surface area contributed by atoms with E-state index in [1.807, 2.05) is 36.4 Å². The molecule has 0 aliphatic carbocycles. The van der Waals surface area contributed by atoms with Crippen molar-refractivity contribution in [2.75, 3.05) is 5.32 Å². The standard InChI is InChI=1S/C19H15ClN2O3S/c20-16-7-5-14(6-8-16)13-1-3-15(4-2-13)19(23)22-17-9-11-18(12-10-17)26(21,24)25/h1-12H,(H,22,23)(H2,21,24,25). The summed E-state index contributed by atoms with van der Waals surface area (Å²) in [6.07, 6.45) is 0. The summed E-state index contributed by atoms with van der Waals surface area (Å²) in [5.41, 5.74) is 2.93. The zero-order valence-corrected chi connectivity index (χ0v) is 15.1. The smallest absolute Gasteiger partial charge is 0.255 e. The van der Waals surface area contributed by atoms with Crippen LogP contribution in [0.1, 0.15) is 10.4 Å². The predicted octanol–water partition coefficient (Wildman–Crippen LogP) is 3.91. The van der Waals surface area contributed by atoms with Gasteiger partial charge < -0.3 is 5.32 Å². The quantitative estimate of drug-likeness (QED) is 0.712. The van der Waals surface area contributed by atoms with Crippen molar-refractivity contribution in [1.82, 2.24) is 0 Å². The molecule has 0 spiro atoms. The number of benzene rings is 3. The van der Waals surface area contributed by atoms with Crippen molar-refractivity contribution in [2.24, 2.45) is 5.14 Å². The van der Waals surface area contributed by atoms with Gasteiger partial charge in [-0.15, -0.1) is 0 Å². The molecule has 0 saturated carbocycles. The molecule has 0 aliphatic heterocycles. The summed E-state index contributed by atoms with van der Waals surface area (Å²) >= 11 is 5.88. The largest absolute Gasteiger partial charge is 0.322 e. The molecule has 0 saturated heterocycles. The van der Waals surface area contributed by atoms with Gasteiger partial charge in [-0.1, -0.05) is 35.9 Å². The molecular formula is C19H15ClN2O3S. The number of hydrogen-bond acceptors (Lipinski definition) is 3. The first kappa shape index (κ1) is 18.1. The molecule has 0 atom stereocenters. The normalized spacial score (nSPS) is 11.2. The lowest BCUT2D eigenvalue weighted by Gasteiger charge is -2.07. The molecule has 0 radical (unpaired) electrons. The minimum absolute atomic E-state index is 0.0113. The van der Waals surface area contributed by atoms with Gasteiger partial charge in [-0.05, 0) is 59.7 Å². The van der Waals surface area contributed by atoms with Gasteiger partial charge in [0.1, 0.15) is 0 Å². The van der Waals surface area contributed by atoms with Gasteiger partial charge in [0.25, 0.3) is 5.91 Å². The molecule has 0 bridgehead atoms. The Hall–Kier alpha value is -2.67. The Bertz CT molecular complexity index is 1030. The first-order valence-corrected chi connectivity index (χ1v) is 9.55. The maximum absolute atomic E-state index is 12.3. The topological polar surface area (TPSA) is 89.3 Å². The van der Waals surface area contributed by atoms with E-state index in [1.165, 1.54) is 24.3 Å². The van der Waals surface area contributed by atoms with E-state index in [4.69, 9.17) is 16.7 Å². The Kier molecular flexibility index (Phi) is 5.08. The molecule has 0 unspecified atom stereocenters. The molecule has 26 heavy (non-hydrogen) atoms. The van der Waals surface area contributed by atoms with Gasteiger partial charge in [0, 0.05) is 16.3 Å². The molecule has 0 aromatic heterocycles. The van der Waals surface area contributed by atoms with Gasteiger partial charge in [0.15, 0.2) is 0 Å². The lowest BCUT2D eigenvalue weighted by molar-refractivity contribution is 0.102. The predicted molar refractivity (Wildman–Crippen MR) is 103 cm³/mol. The number of nitrogens with two attached hydrogens (primary N) is 1. The minimum atomic E-state index is -3.76. The highest BCUT2D eigenvalue weighted by Gasteiger charge is 2.09. The van der Waals surface area contributed by atoms with Crippen molar-refractivity contribution >= 4 is 33.2 Å². The molecule has 7 heteroatoms. The van der Waals surface area contributed by atoms with Crippen LogP contribution in [0.3, 0.4) is 0 Å². The number of halogens is 1. The number of carbonyl (C=O) groups is 1. The van der Waals surface area contributed by atoms with Crippen LogP contribution in [0, 0.1) is 0 Å². The molecule has 5 nitrogen and oxygen atoms in total. The average molecular weight is 387 g/mol. The summed E-state index contributed by atoms with van der Waals surface area (Å²) in [6.45, 7) is 0. The van der Waals surface area contributed by atoms with Crippen LogP contribution >= 0.6 is 11.6 Å². The Morgan fingerprint density at radius 1 is 0.808 bits per heavy atom. The fourth-order valence-electron chi connectivity index (χ4n) is 2.39. The number of rotatable bonds is 4. The zero-order chi connectivity index (χ0) is 18.7. The first-order chi connectivity index (χ1) is 12.3. The van der Waals surface area contributed by atoms with Gasteiger partial charge in [-0.3, -0.25) is 4.79 Å². The number of carbonyl (C=O) groups excluding carboxylic acids is 1. The second-order valence-electron chi connectivity index (χ2n) is 5.61. The van der Waals surface area contributed by atoms with E-state index in [2.05, 4.69) is 5.32 Å². The minimum Gasteiger partial charge on any atom is -0.322 e. The van der Waals surface area contributed by atoms with Crippen molar-refractivity contribution in [3.8, 4) is 11.1 Å². The Morgan fingerprint density at radius 2 is 1.31 bits per heavy atom. The lowest BCUT2D eigenvalue weighted by atomic mass is 10.0. The molecular weight excluding hydrogens is 372 g/mol. The number of anilines is 1. The third-order valence-electron chi connectivity index (χ3n) is 3.77. The van der Waals surface area contributed by atoms with Gasteiger partial charge >= 0.3 is 0 Å². The lowest BCUT2D eigenvalue weighted by Crippen LogP contribution is -2.13. The van der Waals surface area contributed by atoms with Crippen LogP contribution < -0.4 is 10.5 Å². The van der Waals surface area contributed by atoms with E-state index in [-0.39, 0.29) is 10.8 Å². The van der Waals surface area contributed by atoms with Gasteiger partial charge in [0.05, 0.1) is 4.90 Å². The first-order valence-electron chi connectivity index (χ1n) is 7.63. The molecule has 0 fully saturated rings. The van der Waals surface area contributed by atoms with Crippen molar-refractivity contribution in [3.05, 3.63) is 83.4 Å². The van der Waals surface area contributed by atoms with Crippen LogP contribution in [0.2, 0.25) is 5.02 Å². The Morgan fingerprint density at radius 3 is 1.81 bits per heavy atom. The van der Waals surface area contributed by atoms with Crippen LogP contribution in [-0.2, 0) is 10.0 Å². The highest BCUT2D eigenvalue weighted by Crippen LogP contribution is 2.22. The maximum Gasteiger partial charge on any atom is 0.255 e. The Labute approximate surface area is 156 Å². The average Bonchev–Trinajstić information content (AvgIpc) is 2.62. The van der Waals surface area contributed by atoms with Crippen molar-refractivity contribution < 1.29 is 13.2 Å². The molecule has 0 heterocycles. The molecule has 3 aromatic rings. The van der Waals surface area contributed by atoms with Crippen molar-refractivity contribution in [3.63, 3.8) is 0 Å². The van der Waals surface area contributed by atoms with Crippen LogP contribution in [0.15, 0.2) is 77.7 Å². The number of sulfonamides is 1. The van der Waals surface area contributed by atoms with E-state index in [0.717, 1.165) is 11.1 Å². The van der Waals surface area contributed by atoms with Crippen LogP contribution in [0.4, 0.5) is 5.69 Å². The van der Waals surface area contributed by atoms with E-state index in [1.54, 1.807) is 12.1 Å². The number of amides is 1. The fourth-order valence-corrected chi connectivity index (χ4v) is 3.03. The van der Waals surface area contributed by atoms with Crippen molar-refractivity contribution in [2.45, 2.75) is 4.90 Å². The van der Waals surface area contributed by atoms with Crippen molar-refractivity contribution in [1.29, 1.82) is 0 Å². The van der Waals surface area contributed by atoms with Gasteiger partial charge in [0.2, 0.25) is 10.0 Å². The second-order valence-corrected chi connectivity index (χ2v) is 7.61. The summed E-state index contributed by atoms with van der Waals surface area (Å²) in [6, 6.07) is 20.2. The summed E-state index contributed by atoms with van der Waals surface area (Å²) in [4.78, 5) is 12.3. The number of primary sulfonamides is 1. The summed E-state index contributed by atoms with van der Waals surface area (Å²) < 4.78 is 22.5. The molecule has 132 valence electrons. The molecule has 3 aromatic carbocycles. The maximum atomic E-state index is 12.3. The third kappa shape index (κ3) is 4.29. The number of nitrogens with one attached hydrogen (secondary N) is 1. The van der Waals surface area contributed by atoms with Gasteiger partial charge in [-0.2, -0.15) is 0 Å². The molecule has 3 N–H and O–H groups in total. The second kappa shape index (κ2) is 7.29. The van der Waals surface area contributed by atoms with Crippen LogP contribution in [-0.4, -0.2) is 14.3 Å². The number of hydrogen-bond donors (Lipinski definition) is 2. The zero-order valence-electron chi connectivity index (χ0n) is 13.5. The monoisotopic (exact) mass is 386 g/mol. The van der Waals surface area contributed by atoms with Gasteiger partial charge in [-0.25, -0.2) is 13.6 Å². The molecule has 0 aliphatic rings. The van der Waals surface area contributed by atoms with E-state index in [9.17, 15) is 13.2 Å². The summed E-state index contributed by atoms with van der Waals surface area (Å²) in [5.74, 6) is -0.295. The third-order valence-corrected chi connectivity index (χ3v) is 4.95. The summed E-state index contributed by atoms with van der Waals surface area (Å²) in [5, 5.41) is 8.42. The molecule has 1 amide bonds. The van der Waals surface area contributed by atoms with E-state index in [0.29, 0.717) is 16.3 Å².